The summed E-state index contributed by atoms with van der Waals surface area (Å²) in [5.41, 5.74) is 0.596. The fourth-order valence-corrected chi connectivity index (χ4v) is 3.28. The van der Waals surface area contributed by atoms with Crippen LogP contribution in [0, 0.1) is 5.92 Å². The normalized spacial score (nSPS) is 14.1. The van der Waals surface area contributed by atoms with Crippen LogP contribution < -0.4 is 10.1 Å². The molecule has 1 aliphatic heterocycles. The fourth-order valence-electron chi connectivity index (χ4n) is 3.06. The maximum Gasteiger partial charge on any atom is 0.253 e. The van der Waals surface area contributed by atoms with Crippen molar-refractivity contribution in [1.82, 2.24) is 15.2 Å². The maximum atomic E-state index is 12.7. The fraction of sp³-hybridized carbons (Fsp3) is 0.368. The molecule has 1 aromatic carbocycles. The van der Waals surface area contributed by atoms with Gasteiger partial charge in [-0.05, 0) is 62.7 Å². The summed E-state index contributed by atoms with van der Waals surface area (Å²) in [5.74, 6) is 1.86. The number of hydrogen-bond acceptors (Lipinski definition) is 4. The van der Waals surface area contributed by atoms with Gasteiger partial charge in [-0.3, -0.25) is 9.78 Å². The predicted molar refractivity (Wildman–Crippen MR) is 113 cm³/mol. The van der Waals surface area contributed by atoms with Crippen LogP contribution in [0.2, 0.25) is 5.02 Å². The molecule has 0 saturated carbocycles. The van der Waals surface area contributed by atoms with Crippen molar-refractivity contribution in [2.75, 3.05) is 26.7 Å². The van der Waals surface area contributed by atoms with E-state index in [1.807, 2.05) is 11.9 Å². The molecule has 5 nitrogen and oxygen atoms in total. The van der Waals surface area contributed by atoms with Gasteiger partial charge in [-0.1, -0.05) is 11.6 Å². The lowest BCUT2D eigenvalue weighted by Crippen LogP contribution is -2.40. The third-order valence-corrected chi connectivity index (χ3v) is 4.75. The molecule has 1 aromatic heterocycles. The number of hydrogen-bond donors (Lipinski definition) is 1. The van der Waals surface area contributed by atoms with Crippen molar-refractivity contribution in [3.8, 4) is 11.5 Å². The third-order valence-electron chi connectivity index (χ3n) is 4.45. The van der Waals surface area contributed by atoms with Crippen molar-refractivity contribution in [1.29, 1.82) is 0 Å². The van der Waals surface area contributed by atoms with Crippen LogP contribution in [0.15, 0.2) is 42.7 Å². The highest BCUT2D eigenvalue weighted by Crippen LogP contribution is 2.30. The Bertz CT molecular complexity index is 723. The first-order valence-corrected chi connectivity index (χ1v) is 8.86. The molecule has 0 unspecified atom stereocenters. The Morgan fingerprint density at radius 1 is 1.22 bits per heavy atom. The van der Waals surface area contributed by atoms with E-state index in [2.05, 4.69) is 10.3 Å². The van der Waals surface area contributed by atoms with Crippen LogP contribution in [-0.4, -0.2) is 42.5 Å². The van der Waals surface area contributed by atoms with Crippen molar-refractivity contribution in [3.63, 3.8) is 0 Å². The minimum Gasteiger partial charge on any atom is -0.456 e. The van der Waals surface area contributed by atoms with Crippen molar-refractivity contribution in [2.24, 2.45) is 5.92 Å². The molecule has 1 fully saturated rings. The number of likely N-dealkylation sites (tertiary alicyclic amines) is 1. The number of pyridine rings is 1. The second kappa shape index (κ2) is 11.3. The molecule has 0 radical (unpaired) electrons. The van der Waals surface area contributed by atoms with E-state index in [1.165, 1.54) is 0 Å². The molecule has 1 N–H and O–H groups in total. The SMILES string of the molecule is CNCC1CCN(C(=O)c2ccc(Oc3ccncc3)c(Cl)c2)CC1.Cl.Cl. The second-order valence-corrected chi connectivity index (χ2v) is 6.63. The summed E-state index contributed by atoms with van der Waals surface area (Å²) >= 11 is 6.31. The van der Waals surface area contributed by atoms with Crippen LogP contribution in [0.5, 0.6) is 11.5 Å². The Kier molecular flexibility index (Phi) is 9.88. The molecule has 148 valence electrons. The van der Waals surface area contributed by atoms with E-state index in [1.54, 1.807) is 42.7 Å². The molecule has 1 saturated heterocycles. The van der Waals surface area contributed by atoms with Crippen molar-refractivity contribution >= 4 is 42.3 Å². The molecule has 1 aliphatic rings. The number of rotatable bonds is 5. The number of benzene rings is 1. The molecule has 2 heterocycles. The van der Waals surface area contributed by atoms with Gasteiger partial charge in [-0.25, -0.2) is 0 Å². The van der Waals surface area contributed by atoms with E-state index in [9.17, 15) is 4.79 Å². The maximum absolute atomic E-state index is 12.7. The first-order chi connectivity index (χ1) is 12.2. The molecule has 0 aliphatic carbocycles. The van der Waals surface area contributed by atoms with E-state index >= 15 is 0 Å². The van der Waals surface area contributed by atoms with Gasteiger partial charge < -0.3 is 15.0 Å². The zero-order valence-corrected chi connectivity index (χ0v) is 17.4. The topological polar surface area (TPSA) is 54.5 Å². The molecule has 27 heavy (non-hydrogen) atoms. The third kappa shape index (κ3) is 6.25. The van der Waals surface area contributed by atoms with Crippen LogP contribution in [0.3, 0.4) is 0 Å². The summed E-state index contributed by atoms with van der Waals surface area (Å²) in [5, 5.41) is 3.63. The number of piperidine rings is 1. The summed E-state index contributed by atoms with van der Waals surface area (Å²) in [6, 6.07) is 8.70. The zero-order chi connectivity index (χ0) is 17.6. The molecule has 8 heteroatoms. The molecule has 0 atom stereocenters. The van der Waals surface area contributed by atoms with E-state index in [0.29, 0.717) is 28.0 Å². The highest BCUT2D eigenvalue weighted by Gasteiger charge is 2.23. The van der Waals surface area contributed by atoms with Crippen LogP contribution in [0.1, 0.15) is 23.2 Å². The van der Waals surface area contributed by atoms with Gasteiger partial charge in [0.2, 0.25) is 0 Å². The number of amides is 1. The minimum absolute atomic E-state index is 0. The highest BCUT2D eigenvalue weighted by atomic mass is 35.5. The van der Waals surface area contributed by atoms with E-state index in [0.717, 1.165) is 32.5 Å². The van der Waals surface area contributed by atoms with E-state index < -0.39 is 0 Å². The molecular weight excluding hydrogens is 409 g/mol. The minimum atomic E-state index is 0. The molecule has 1 amide bonds. The van der Waals surface area contributed by atoms with Crippen LogP contribution in [0.4, 0.5) is 0 Å². The largest absolute Gasteiger partial charge is 0.456 e. The number of nitrogens with one attached hydrogen (secondary N) is 1. The van der Waals surface area contributed by atoms with Crippen LogP contribution in [0.25, 0.3) is 0 Å². The Labute approximate surface area is 177 Å². The van der Waals surface area contributed by atoms with Crippen LogP contribution in [-0.2, 0) is 0 Å². The van der Waals surface area contributed by atoms with Crippen molar-refractivity contribution in [2.45, 2.75) is 12.8 Å². The van der Waals surface area contributed by atoms with Gasteiger partial charge in [0.05, 0.1) is 5.02 Å². The summed E-state index contributed by atoms with van der Waals surface area (Å²) in [7, 11) is 1.97. The average molecular weight is 433 g/mol. The Balaban J connectivity index is 0.00000182. The zero-order valence-electron chi connectivity index (χ0n) is 15.1. The van der Waals surface area contributed by atoms with Gasteiger partial charge in [0.25, 0.3) is 5.91 Å². The van der Waals surface area contributed by atoms with Gasteiger partial charge in [-0.15, -0.1) is 24.8 Å². The Morgan fingerprint density at radius 2 is 1.89 bits per heavy atom. The Morgan fingerprint density at radius 3 is 2.48 bits per heavy atom. The number of carbonyl (C=O) groups excluding carboxylic acids is 1. The summed E-state index contributed by atoms with van der Waals surface area (Å²) in [4.78, 5) is 18.5. The smallest absolute Gasteiger partial charge is 0.253 e. The van der Waals surface area contributed by atoms with Crippen molar-refractivity contribution < 1.29 is 9.53 Å². The second-order valence-electron chi connectivity index (χ2n) is 6.22. The quantitative estimate of drug-likeness (QED) is 0.759. The van der Waals surface area contributed by atoms with Gasteiger partial charge in [0.15, 0.2) is 0 Å². The molecule has 2 aromatic rings. The molecule has 0 spiro atoms. The van der Waals surface area contributed by atoms with E-state index in [4.69, 9.17) is 16.3 Å². The lowest BCUT2D eigenvalue weighted by molar-refractivity contribution is 0.0691. The van der Waals surface area contributed by atoms with Gasteiger partial charge in [-0.2, -0.15) is 0 Å². The number of ether oxygens (including phenoxy) is 1. The number of carbonyl (C=O) groups is 1. The number of halogens is 3. The lowest BCUT2D eigenvalue weighted by atomic mass is 9.96. The lowest BCUT2D eigenvalue weighted by Gasteiger charge is -2.32. The standard InChI is InChI=1S/C19H22ClN3O2.2ClH/c1-21-13-14-6-10-23(11-7-14)19(24)15-2-3-18(17(20)12-15)25-16-4-8-22-9-5-16;;/h2-5,8-9,12,14,21H,6-7,10-11,13H2,1H3;2*1H. The molecule has 0 bridgehead atoms. The monoisotopic (exact) mass is 431 g/mol. The number of aromatic nitrogens is 1. The first-order valence-electron chi connectivity index (χ1n) is 8.48. The first kappa shape index (κ1) is 23.5. The highest BCUT2D eigenvalue weighted by molar-refractivity contribution is 6.32. The Hall–Kier alpha value is -1.53. The van der Waals surface area contributed by atoms with Gasteiger partial charge in [0, 0.05) is 31.0 Å². The average Bonchev–Trinajstić information content (AvgIpc) is 2.64. The number of nitrogens with zero attached hydrogens (tertiary/aromatic N) is 2. The van der Waals surface area contributed by atoms with E-state index in [-0.39, 0.29) is 30.7 Å². The summed E-state index contributed by atoms with van der Waals surface area (Å²) < 4.78 is 5.73. The van der Waals surface area contributed by atoms with Gasteiger partial charge >= 0.3 is 0 Å². The predicted octanol–water partition coefficient (Wildman–Crippen LogP) is 4.44. The molecule has 3 rings (SSSR count). The molecular formula is C19H24Cl3N3O2. The van der Waals surface area contributed by atoms with Crippen LogP contribution >= 0.6 is 36.4 Å². The summed E-state index contributed by atoms with van der Waals surface area (Å²) in [6.07, 6.45) is 5.37. The summed E-state index contributed by atoms with van der Waals surface area (Å²) in [6.45, 7) is 2.59. The van der Waals surface area contributed by atoms with Gasteiger partial charge in [0.1, 0.15) is 11.5 Å². The van der Waals surface area contributed by atoms with Crippen molar-refractivity contribution in [3.05, 3.63) is 53.3 Å².